The summed E-state index contributed by atoms with van der Waals surface area (Å²) in [6.45, 7) is 1.75. The van der Waals surface area contributed by atoms with Crippen molar-refractivity contribution in [1.29, 1.82) is 0 Å². The maximum atomic E-state index is 11.3. The molecule has 0 bridgehead atoms. The lowest BCUT2D eigenvalue weighted by molar-refractivity contribution is 0.200. The van der Waals surface area contributed by atoms with Gasteiger partial charge in [0.25, 0.3) is 0 Å². The van der Waals surface area contributed by atoms with E-state index in [0.29, 0.717) is 11.5 Å². The number of fused-ring (bicyclic) bond motifs is 1. The molecule has 0 aliphatic carbocycles. The fourth-order valence-electron chi connectivity index (χ4n) is 3.33. The molecule has 0 saturated carbocycles. The lowest BCUT2D eigenvalue weighted by Gasteiger charge is -2.11. The highest BCUT2D eigenvalue weighted by atomic mass is 32.2. The molecule has 0 radical (unpaired) electrons. The minimum atomic E-state index is -3.31. The lowest BCUT2D eigenvalue weighted by atomic mass is 9.96. The molecule has 1 unspecified atom stereocenters. The molecular weight excluding hydrogens is 410 g/mol. The second-order valence-corrected chi connectivity index (χ2v) is 9.03. The molecule has 1 aromatic heterocycles. The number of hydrogen-bond acceptors (Lipinski definition) is 4. The van der Waals surface area contributed by atoms with Gasteiger partial charge in [0.15, 0.2) is 5.82 Å². The van der Waals surface area contributed by atoms with Crippen LogP contribution >= 0.6 is 0 Å². The van der Waals surface area contributed by atoms with Crippen LogP contribution in [0, 0.1) is 11.8 Å². The van der Waals surface area contributed by atoms with Gasteiger partial charge in [0.1, 0.15) is 0 Å². The number of H-pyrrole nitrogens is 1. The molecule has 0 amide bonds. The van der Waals surface area contributed by atoms with Crippen molar-refractivity contribution >= 4 is 26.7 Å². The van der Waals surface area contributed by atoms with Crippen LogP contribution in [0.4, 0.5) is 5.69 Å². The highest BCUT2D eigenvalue weighted by Crippen LogP contribution is 2.29. The molecule has 1 atom stereocenters. The third-order valence-electron chi connectivity index (χ3n) is 4.72. The van der Waals surface area contributed by atoms with E-state index < -0.39 is 16.1 Å². The van der Waals surface area contributed by atoms with Crippen LogP contribution in [0.5, 0.6) is 0 Å². The second-order valence-electron chi connectivity index (χ2n) is 7.28. The predicted octanol–water partition coefficient (Wildman–Crippen LogP) is 4.05. The zero-order chi connectivity index (χ0) is 22.0. The molecule has 0 aliphatic heterocycles. The Bertz CT molecular complexity index is 1410. The Morgan fingerprint density at radius 1 is 1.03 bits per heavy atom. The fourth-order valence-corrected chi connectivity index (χ4v) is 3.89. The molecule has 0 aliphatic rings. The monoisotopic (exact) mass is 431 g/mol. The van der Waals surface area contributed by atoms with Gasteiger partial charge in [0.2, 0.25) is 10.0 Å². The topological polar surface area (TPSA) is 95.1 Å². The van der Waals surface area contributed by atoms with Crippen molar-refractivity contribution in [3.05, 3.63) is 83.7 Å². The Morgan fingerprint density at radius 2 is 1.77 bits per heavy atom. The zero-order valence-corrected chi connectivity index (χ0v) is 17.9. The average molecular weight is 432 g/mol. The normalized spacial score (nSPS) is 12.2. The van der Waals surface area contributed by atoms with Crippen LogP contribution in [0.1, 0.15) is 30.0 Å². The number of anilines is 1. The third kappa shape index (κ3) is 4.94. The standard InChI is InChI=1S/C24H21N3O3S/c1-16(28)20-5-3-4-6-21(20)18-10-13-22-23(15-18)26-24(25-22)14-9-17-7-11-19(12-8-17)27-31(2,29)30/h3-8,10-13,15-16,27-28H,1-2H3,(H,25,26). The van der Waals surface area contributed by atoms with Crippen molar-refractivity contribution < 1.29 is 13.5 Å². The minimum Gasteiger partial charge on any atom is -0.389 e. The SMILES string of the molecule is CC(O)c1ccccc1-c1ccc2nc(C#Cc3ccc(NS(C)(=O)=O)cc3)[nH]c2c1. The summed E-state index contributed by atoms with van der Waals surface area (Å²) in [4.78, 5) is 7.74. The maximum Gasteiger partial charge on any atom is 0.229 e. The number of imidazole rings is 1. The van der Waals surface area contributed by atoms with E-state index in [2.05, 4.69) is 26.5 Å². The molecule has 7 heteroatoms. The molecule has 31 heavy (non-hydrogen) atoms. The van der Waals surface area contributed by atoms with Crippen molar-refractivity contribution in [2.45, 2.75) is 13.0 Å². The molecule has 4 rings (SSSR count). The Balaban J connectivity index is 1.60. The quantitative estimate of drug-likeness (QED) is 0.425. The van der Waals surface area contributed by atoms with E-state index >= 15 is 0 Å². The van der Waals surface area contributed by atoms with Gasteiger partial charge < -0.3 is 10.1 Å². The highest BCUT2D eigenvalue weighted by Gasteiger charge is 2.10. The van der Waals surface area contributed by atoms with Gasteiger partial charge in [-0.2, -0.15) is 0 Å². The number of aromatic nitrogens is 2. The Labute approximate surface area is 181 Å². The van der Waals surface area contributed by atoms with E-state index in [1.165, 1.54) is 0 Å². The molecule has 6 nitrogen and oxygen atoms in total. The van der Waals surface area contributed by atoms with Crippen molar-refractivity contribution in [2.24, 2.45) is 0 Å². The first-order valence-electron chi connectivity index (χ1n) is 9.65. The fraction of sp³-hybridized carbons (Fsp3) is 0.125. The van der Waals surface area contributed by atoms with Crippen molar-refractivity contribution in [2.75, 3.05) is 11.0 Å². The molecule has 3 aromatic carbocycles. The second kappa shape index (κ2) is 8.26. The Hall–Kier alpha value is -3.60. The number of sulfonamides is 1. The zero-order valence-electron chi connectivity index (χ0n) is 17.0. The molecule has 0 fully saturated rings. The van der Waals surface area contributed by atoms with E-state index in [1.807, 2.05) is 42.5 Å². The van der Waals surface area contributed by atoms with Crippen LogP contribution in [0.3, 0.4) is 0 Å². The molecule has 4 aromatic rings. The van der Waals surface area contributed by atoms with Gasteiger partial charge in [0, 0.05) is 11.3 Å². The van der Waals surface area contributed by atoms with E-state index in [4.69, 9.17) is 0 Å². The van der Waals surface area contributed by atoms with Crippen LogP contribution < -0.4 is 4.72 Å². The van der Waals surface area contributed by atoms with Crippen LogP contribution in [0.25, 0.3) is 22.2 Å². The Morgan fingerprint density at radius 3 is 2.48 bits per heavy atom. The first-order valence-corrected chi connectivity index (χ1v) is 11.5. The van der Waals surface area contributed by atoms with Gasteiger partial charge in [-0.25, -0.2) is 13.4 Å². The average Bonchev–Trinajstić information content (AvgIpc) is 3.14. The summed E-state index contributed by atoms with van der Waals surface area (Å²) in [7, 11) is -3.31. The minimum absolute atomic E-state index is 0.488. The number of aliphatic hydroxyl groups excluding tert-OH is 1. The number of hydrogen-bond donors (Lipinski definition) is 3. The van der Waals surface area contributed by atoms with E-state index in [1.54, 1.807) is 31.2 Å². The van der Waals surface area contributed by atoms with Gasteiger partial charge in [-0.05, 0) is 65.9 Å². The summed E-state index contributed by atoms with van der Waals surface area (Å²) in [6, 6.07) is 20.5. The van der Waals surface area contributed by atoms with Gasteiger partial charge >= 0.3 is 0 Å². The Kier molecular flexibility index (Phi) is 5.51. The number of benzene rings is 3. The first-order chi connectivity index (χ1) is 14.8. The van der Waals surface area contributed by atoms with Crippen molar-refractivity contribution in [1.82, 2.24) is 9.97 Å². The maximum absolute atomic E-state index is 11.3. The molecule has 0 spiro atoms. The molecule has 0 saturated heterocycles. The van der Waals surface area contributed by atoms with Gasteiger partial charge in [-0.15, -0.1) is 0 Å². The molecule has 1 heterocycles. The van der Waals surface area contributed by atoms with Gasteiger partial charge in [-0.1, -0.05) is 36.3 Å². The number of nitrogens with zero attached hydrogens (tertiary/aromatic N) is 1. The van der Waals surface area contributed by atoms with Crippen LogP contribution in [0.15, 0.2) is 66.7 Å². The summed E-state index contributed by atoms with van der Waals surface area (Å²) in [5.74, 6) is 6.58. The summed E-state index contributed by atoms with van der Waals surface area (Å²) in [6.07, 6.45) is 0.547. The van der Waals surface area contributed by atoms with E-state index in [-0.39, 0.29) is 0 Å². The summed E-state index contributed by atoms with van der Waals surface area (Å²) < 4.78 is 25.0. The third-order valence-corrected chi connectivity index (χ3v) is 5.32. The summed E-state index contributed by atoms with van der Waals surface area (Å²) in [5.41, 5.74) is 5.72. The van der Waals surface area contributed by atoms with E-state index in [0.717, 1.165) is 39.5 Å². The number of aromatic amines is 1. The van der Waals surface area contributed by atoms with Gasteiger partial charge in [-0.3, -0.25) is 4.72 Å². The van der Waals surface area contributed by atoms with E-state index in [9.17, 15) is 13.5 Å². The van der Waals surface area contributed by atoms with Crippen LogP contribution in [-0.4, -0.2) is 29.7 Å². The van der Waals surface area contributed by atoms with Crippen LogP contribution in [-0.2, 0) is 10.0 Å². The summed E-state index contributed by atoms with van der Waals surface area (Å²) in [5, 5.41) is 10.1. The molecule has 3 N–H and O–H groups in total. The highest BCUT2D eigenvalue weighted by molar-refractivity contribution is 7.92. The smallest absolute Gasteiger partial charge is 0.229 e. The number of rotatable bonds is 4. The lowest BCUT2D eigenvalue weighted by Crippen LogP contribution is -2.09. The largest absolute Gasteiger partial charge is 0.389 e. The molecular formula is C24H21N3O3S. The predicted molar refractivity (Wildman–Crippen MR) is 123 cm³/mol. The summed E-state index contributed by atoms with van der Waals surface area (Å²) >= 11 is 0. The molecule has 156 valence electrons. The van der Waals surface area contributed by atoms with Crippen molar-refractivity contribution in [3.63, 3.8) is 0 Å². The van der Waals surface area contributed by atoms with Crippen molar-refractivity contribution in [3.8, 4) is 23.0 Å². The van der Waals surface area contributed by atoms with Gasteiger partial charge in [0.05, 0.1) is 23.4 Å². The first kappa shape index (κ1) is 20.7. The number of aliphatic hydroxyl groups is 1. The van der Waals surface area contributed by atoms with Crippen LogP contribution in [0.2, 0.25) is 0 Å². The number of nitrogens with one attached hydrogen (secondary N) is 2.